The Kier molecular flexibility index (Phi) is 4.78. The summed E-state index contributed by atoms with van der Waals surface area (Å²) in [5.74, 6) is 0. The zero-order chi connectivity index (χ0) is 15.8. The molecular weight excluding hydrogens is 368 g/mol. The summed E-state index contributed by atoms with van der Waals surface area (Å²) in [6.45, 7) is -0.0634. The molecule has 0 radical (unpaired) electrons. The maximum Gasteiger partial charge on any atom is 0.349 e. The van der Waals surface area contributed by atoms with Gasteiger partial charge in [-0.25, -0.2) is 4.68 Å². The van der Waals surface area contributed by atoms with Crippen LogP contribution in [0.5, 0.6) is 0 Å². The van der Waals surface area contributed by atoms with E-state index >= 15 is 0 Å². The average molecular weight is 374 g/mol. The second-order valence-electron chi connectivity index (χ2n) is 4.10. The van der Waals surface area contributed by atoms with E-state index < -0.39 is 16.5 Å². The lowest BCUT2D eigenvalue weighted by molar-refractivity contribution is 0.0941. The monoisotopic (exact) mass is 372 g/mol. The molecule has 0 unspecified atom stereocenters. The summed E-state index contributed by atoms with van der Waals surface area (Å²) in [4.78, 5) is 11.8. The van der Waals surface area contributed by atoms with Crippen molar-refractivity contribution in [1.29, 1.82) is 0 Å². The van der Waals surface area contributed by atoms with Crippen LogP contribution >= 0.6 is 46.4 Å². The summed E-state index contributed by atoms with van der Waals surface area (Å²) in [5, 5.41) is 0.743. The van der Waals surface area contributed by atoms with E-state index in [4.69, 9.17) is 46.4 Å². The molecule has 0 N–H and O–H groups in total. The number of nitrogens with zero attached hydrogens (tertiary/aromatic N) is 2. The highest BCUT2D eigenvalue weighted by molar-refractivity contribution is 6.43. The molecule has 0 aliphatic heterocycles. The number of alkyl halides is 3. The van der Waals surface area contributed by atoms with Gasteiger partial charge >= 0.3 is 5.38 Å². The van der Waals surface area contributed by atoms with Crippen molar-refractivity contribution in [3.63, 3.8) is 0 Å². The SMILES string of the molecule is O=c1cc(C(F)(F)Cl)cnn1Cc1cc(Cl)cc(Cl)c1Cl. The minimum absolute atomic E-state index is 0.0634. The molecule has 21 heavy (non-hydrogen) atoms. The molecule has 0 saturated heterocycles. The smallest absolute Gasteiger partial charge is 0.268 e. The highest BCUT2D eigenvalue weighted by Crippen LogP contribution is 2.31. The molecule has 0 bridgehead atoms. The highest BCUT2D eigenvalue weighted by atomic mass is 35.5. The van der Waals surface area contributed by atoms with Gasteiger partial charge in [0.2, 0.25) is 0 Å². The van der Waals surface area contributed by atoms with Gasteiger partial charge in [-0.1, -0.05) is 34.8 Å². The molecule has 0 atom stereocenters. The molecule has 2 aromatic rings. The third-order valence-corrected chi connectivity index (χ3v) is 3.86. The second kappa shape index (κ2) is 6.08. The largest absolute Gasteiger partial charge is 0.349 e. The van der Waals surface area contributed by atoms with E-state index in [2.05, 4.69) is 5.10 Å². The number of aromatic nitrogens is 2. The molecule has 9 heteroatoms. The van der Waals surface area contributed by atoms with Gasteiger partial charge in [0.05, 0.1) is 28.4 Å². The van der Waals surface area contributed by atoms with Crippen molar-refractivity contribution >= 4 is 46.4 Å². The molecule has 112 valence electrons. The summed E-state index contributed by atoms with van der Waals surface area (Å²) >= 11 is 22.5. The Balaban J connectivity index is 2.40. The minimum Gasteiger partial charge on any atom is -0.268 e. The van der Waals surface area contributed by atoms with Crippen LogP contribution < -0.4 is 5.56 Å². The van der Waals surface area contributed by atoms with Gasteiger partial charge in [0.1, 0.15) is 0 Å². The van der Waals surface area contributed by atoms with Gasteiger partial charge in [-0.15, -0.1) is 0 Å². The first kappa shape index (κ1) is 16.5. The standard InChI is InChI=1S/C12H6Cl4F2N2O/c13-8-1-6(11(15)9(14)3-8)5-20-10(21)2-7(4-19-20)12(16,17)18/h1-4H,5H2. The third-order valence-electron chi connectivity index (χ3n) is 2.59. The Labute approximate surface area is 138 Å². The first-order valence-corrected chi connectivity index (χ1v) is 6.97. The fraction of sp³-hybridized carbons (Fsp3) is 0.167. The molecular formula is C12H6Cl4F2N2O. The zero-order valence-electron chi connectivity index (χ0n) is 10.1. The van der Waals surface area contributed by atoms with Crippen molar-refractivity contribution in [3.8, 4) is 0 Å². The van der Waals surface area contributed by atoms with Gasteiger partial charge in [0.15, 0.2) is 0 Å². The second-order valence-corrected chi connectivity index (χ2v) is 5.79. The molecule has 0 aliphatic rings. The number of rotatable bonds is 3. The van der Waals surface area contributed by atoms with Crippen LogP contribution in [0, 0.1) is 0 Å². The summed E-state index contributed by atoms with van der Waals surface area (Å²) in [7, 11) is 0. The summed E-state index contributed by atoms with van der Waals surface area (Å²) in [6.07, 6.45) is 0.814. The summed E-state index contributed by atoms with van der Waals surface area (Å²) in [6, 6.07) is 3.66. The van der Waals surface area contributed by atoms with Crippen molar-refractivity contribution in [1.82, 2.24) is 9.78 Å². The predicted octanol–water partition coefficient (Wildman–Crippen LogP) is 4.54. The quantitative estimate of drug-likeness (QED) is 0.584. The first-order chi connectivity index (χ1) is 9.68. The molecule has 0 aliphatic carbocycles. The van der Waals surface area contributed by atoms with Crippen LogP contribution in [0.25, 0.3) is 0 Å². The van der Waals surface area contributed by atoms with Crippen LogP contribution in [-0.4, -0.2) is 9.78 Å². The zero-order valence-corrected chi connectivity index (χ0v) is 13.1. The van der Waals surface area contributed by atoms with E-state index in [1.807, 2.05) is 0 Å². The van der Waals surface area contributed by atoms with Crippen LogP contribution in [0.15, 0.2) is 29.2 Å². The Hall–Kier alpha value is -0.880. The molecule has 0 saturated carbocycles. The molecule has 1 heterocycles. The number of hydrogen-bond acceptors (Lipinski definition) is 2. The van der Waals surface area contributed by atoms with Gasteiger partial charge in [-0.05, 0) is 29.3 Å². The molecule has 0 fully saturated rings. The molecule has 1 aromatic heterocycles. The predicted molar refractivity (Wildman–Crippen MR) is 78.8 cm³/mol. The maximum absolute atomic E-state index is 12.9. The van der Waals surface area contributed by atoms with Gasteiger partial charge in [-0.2, -0.15) is 13.9 Å². The van der Waals surface area contributed by atoms with Crippen LogP contribution in [-0.2, 0) is 11.9 Å². The normalized spacial score (nSPS) is 11.7. The minimum atomic E-state index is -3.65. The van der Waals surface area contributed by atoms with Crippen LogP contribution in [0.2, 0.25) is 15.1 Å². The first-order valence-electron chi connectivity index (χ1n) is 5.46. The van der Waals surface area contributed by atoms with Gasteiger partial charge in [-0.3, -0.25) is 4.79 Å². The highest BCUT2D eigenvalue weighted by Gasteiger charge is 2.29. The third kappa shape index (κ3) is 3.86. The molecule has 0 amide bonds. The number of halogens is 6. The summed E-state index contributed by atoms with van der Waals surface area (Å²) in [5.41, 5.74) is -0.991. The van der Waals surface area contributed by atoms with Crippen LogP contribution in [0.3, 0.4) is 0 Å². The molecule has 3 nitrogen and oxygen atoms in total. The average Bonchev–Trinajstić information content (AvgIpc) is 2.36. The van der Waals surface area contributed by atoms with Crippen molar-refractivity contribution < 1.29 is 8.78 Å². The van der Waals surface area contributed by atoms with E-state index in [-0.39, 0.29) is 16.6 Å². The Morgan fingerprint density at radius 2 is 1.86 bits per heavy atom. The van der Waals surface area contributed by atoms with E-state index in [0.29, 0.717) is 16.7 Å². The Morgan fingerprint density at radius 1 is 1.19 bits per heavy atom. The van der Waals surface area contributed by atoms with E-state index in [1.165, 1.54) is 12.1 Å². The topological polar surface area (TPSA) is 34.9 Å². The Morgan fingerprint density at radius 3 is 2.43 bits per heavy atom. The van der Waals surface area contributed by atoms with E-state index in [0.717, 1.165) is 10.9 Å². The fourth-order valence-corrected chi connectivity index (χ4v) is 2.40. The van der Waals surface area contributed by atoms with E-state index in [1.54, 1.807) is 0 Å². The van der Waals surface area contributed by atoms with Gasteiger partial charge in [0.25, 0.3) is 5.56 Å². The lowest BCUT2D eigenvalue weighted by Crippen LogP contribution is -2.25. The van der Waals surface area contributed by atoms with Crippen molar-refractivity contribution in [3.05, 3.63) is 60.9 Å². The number of benzene rings is 1. The lowest BCUT2D eigenvalue weighted by atomic mass is 10.2. The molecule has 2 rings (SSSR count). The molecule has 0 spiro atoms. The van der Waals surface area contributed by atoms with Crippen molar-refractivity contribution in [2.45, 2.75) is 11.9 Å². The maximum atomic E-state index is 12.9. The van der Waals surface area contributed by atoms with Crippen molar-refractivity contribution in [2.75, 3.05) is 0 Å². The Bertz CT molecular complexity index is 743. The number of hydrogen-bond donors (Lipinski definition) is 0. The summed E-state index contributed by atoms with van der Waals surface area (Å²) < 4.78 is 26.7. The van der Waals surface area contributed by atoms with E-state index in [9.17, 15) is 13.6 Å². The van der Waals surface area contributed by atoms with Gasteiger partial charge < -0.3 is 0 Å². The lowest BCUT2D eigenvalue weighted by Gasteiger charge is -2.11. The van der Waals surface area contributed by atoms with Gasteiger partial charge in [0, 0.05) is 11.1 Å². The van der Waals surface area contributed by atoms with Crippen molar-refractivity contribution in [2.24, 2.45) is 0 Å². The van der Waals surface area contributed by atoms with Crippen LogP contribution in [0.4, 0.5) is 8.78 Å². The molecule has 1 aromatic carbocycles. The van der Waals surface area contributed by atoms with Crippen LogP contribution in [0.1, 0.15) is 11.1 Å². The fourth-order valence-electron chi connectivity index (χ4n) is 1.59.